The lowest BCUT2D eigenvalue weighted by atomic mass is 10.1. The number of methoxy groups -OCH3 is 2. The molecule has 1 heterocycles. The van der Waals surface area contributed by atoms with Gasteiger partial charge in [0.25, 0.3) is 0 Å². The van der Waals surface area contributed by atoms with Crippen molar-refractivity contribution < 1.29 is 9.47 Å². The summed E-state index contributed by atoms with van der Waals surface area (Å²) in [4.78, 5) is 8.96. The Morgan fingerprint density at radius 1 is 1.00 bits per heavy atom. The minimum atomic E-state index is 0.738. The summed E-state index contributed by atoms with van der Waals surface area (Å²) in [5, 5.41) is 3.06. The summed E-state index contributed by atoms with van der Waals surface area (Å²) < 4.78 is 10.6. The van der Waals surface area contributed by atoms with Crippen LogP contribution in [0.4, 0.5) is 5.82 Å². The maximum atomic E-state index is 5.29. The minimum Gasteiger partial charge on any atom is -0.497 e. The van der Waals surface area contributed by atoms with Gasteiger partial charge in [0.1, 0.15) is 23.1 Å². The largest absolute Gasteiger partial charge is 0.497 e. The number of hydrogen-bond donors (Lipinski definition) is 1. The maximum absolute atomic E-state index is 5.29. The number of nitrogens with one attached hydrogen (secondary N) is 1. The fourth-order valence-corrected chi connectivity index (χ4v) is 1.89. The van der Waals surface area contributed by atoms with Gasteiger partial charge in [-0.2, -0.15) is 0 Å². The van der Waals surface area contributed by atoms with Gasteiger partial charge < -0.3 is 14.8 Å². The molecule has 0 spiro atoms. The Morgan fingerprint density at radius 2 is 1.65 bits per heavy atom. The standard InChI is InChI=1S/C15H19N3O2/c1-5-14-17-13(9-15(16-2)18-14)10-6-11(19-3)8-12(7-10)20-4/h6-9H,5H2,1-4H3,(H,16,17,18). The molecule has 0 unspecified atom stereocenters. The molecule has 20 heavy (non-hydrogen) atoms. The van der Waals surface area contributed by atoms with E-state index in [1.165, 1.54) is 0 Å². The first-order valence-electron chi connectivity index (χ1n) is 6.49. The Bertz CT molecular complexity index is 502. The molecule has 0 atom stereocenters. The summed E-state index contributed by atoms with van der Waals surface area (Å²) in [5.41, 5.74) is 1.79. The number of rotatable bonds is 5. The van der Waals surface area contributed by atoms with Gasteiger partial charge in [-0.3, -0.25) is 0 Å². The highest BCUT2D eigenvalue weighted by Crippen LogP contribution is 2.29. The van der Waals surface area contributed by atoms with Crippen LogP contribution in [0, 0.1) is 0 Å². The molecule has 0 fully saturated rings. The molecule has 106 valence electrons. The van der Waals surface area contributed by atoms with Crippen molar-refractivity contribution >= 4 is 5.82 Å². The van der Waals surface area contributed by atoms with Crippen LogP contribution >= 0.6 is 0 Å². The maximum Gasteiger partial charge on any atom is 0.131 e. The first-order valence-corrected chi connectivity index (χ1v) is 6.49. The highest BCUT2D eigenvalue weighted by atomic mass is 16.5. The van der Waals surface area contributed by atoms with Crippen molar-refractivity contribution in [1.29, 1.82) is 0 Å². The van der Waals surface area contributed by atoms with Gasteiger partial charge in [-0.1, -0.05) is 6.92 Å². The number of benzene rings is 1. The lowest BCUT2D eigenvalue weighted by Gasteiger charge is -2.10. The molecule has 2 aromatic rings. The third-order valence-corrected chi connectivity index (χ3v) is 2.99. The van der Waals surface area contributed by atoms with Crippen molar-refractivity contribution in [2.24, 2.45) is 0 Å². The third kappa shape index (κ3) is 2.99. The van der Waals surface area contributed by atoms with E-state index >= 15 is 0 Å². The summed E-state index contributed by atoms with van der Waals surface area (Å²) in [6.45, 7) is 2.03. The SMILES string of the molecule is CCc1nc(NC)cc(-c2cc(OC)cc(OC)c2)n1. The van der Waals surface area contributed by atoms with E-state index in [0.717, 1.165) is 40.8 Å². The van der Waals surface area contributed by atoms with Gasteiger partial charge in [-0.15, -0.1) is 0 Å². The molecule has 0 aliphatic heterocycles. The number of hydrogen-bond acceptors (Lipinski definition) is 5. The molecular formula is C15H19N3O2. The van der Waals surface area contributed by atoms with Crippen molar-refractivity contribution in [3.8, 4) is 22.8 Å². The molecule has 5 nitrogen and oxygen atoms in total. The summed E-state index contributed by atoms with van der Waals surface area (Å²) in [6, 6.07) is 7.62. The molecule has 1 N–H and O–H groups in total. The van der Waals surface area contributed by atoms with Gasteiger partial charge >= 0.3 is 0 Å². The van der Waals surface area contributed by atoms with E-state index in [2.05, 4.69) is 15.3 Å². The Hall–Kier alpha value is -2.30. The van der Waals surface area contributed by atoms with Crippen LogP contribution in [0.5, 0.6) is 11.5 Å². The number of nitrogens with zero attached hydrogens (tertiary/aromatic N) is 2. The first kappa shape index (κ1) is 14.1. The van der Waals surface area contributed by atoms with E-state index in [1.807, 2.05) is 38.2 Å². The Kier molecular flexibility index (Phi) is 4.40. The van der Waals surface area contributed by atoms with Gasteiger partial charge in [0.05, 0.1) is 19.9 Å². The number of ether oxygens (including phenoxy) is 2. The molecule has 0 radical (unpaired) electrons. The molecule has 0 bridgehead atoms. The summed E-state index contributed by atoms with van der Waals surface area (Å²) in [7, 11) is 5.11. The van der Waals surface area contributed by atoms with Crippen LogP contribution in [0.1, 0.15) is 12.7 Å². The van der Waals surface area contributed by atoms with Crippen LogP contribution in [-0.4, -0.2) is 31.2 Å². The smallest absolute Gasteiger partial charge is 0.131 e. The molecule has 1 aromatic heterocycles. The van der Waals surface area contributed by atoms with Gasteiger partial charge in [-0.25, -0.2) is 9.97 Å². The normalized spacial score (nSPS) is 10.2. The summed E-state index contributed by atoms with van der Waals surface area (Å²) >= 11 is 0. The molecule has 0 aliphatic rings. The Balaban J connectivity index is 2.54. The van der Waals surface area contributed by atoms with Crippen LogP contribution in [0.3, 0.4) is 0 Å². The monoisotopic (exact) mass is 273 g/mol. The van der Waals surface area contributed by atoms with E-state index in [-0.39, 0.29) is 0 Å². The first-order chi connectivity index (χ1) is 9.69. The van der Waals surface area contributed by atoms with Crippen LogP contribution < -0.4 is 14.8 Å². The third-order valence-electron chi connectivity index (χ3n) is 2.99. The highest BCUT2D eigenvalue weighted by molar-refractivity contribution is 5.66. The van der Waals surface area contributed by atoms with E-state index in [1.54, 1.807) is 14.2 Å². The van der Waals surface area contributed by atoms with E-state index < -0.39 is 0 Å². The topological polar surface area (TPSA) is 56.3 Å². The van der Waals surface area contributed by atoms with Gasteiger partial charge in [0.15, 0.2) is 0 Å². The van der Waals surface area contributed by atoms with Gasteiger partial charge in [-0.05, 0) is 12.1 Å². The fraction of sp³-hybridized carbons (Fsp3) is 0.333. The van der Waals surface area contributed by atoms with Crippen molar-refractivity contribution in [2.75, 3.05) is 26.6 Å². The molecule has 2 rings (SSSR count). The van der Waals surface area contributed by atoms with E-state index in [0.29, 0.717) is 0 Å². The Morgan fingerprint density at radius 3 is 2.15 bits per heavy atom. The zero-order chi connectivity index (χ0) is 14.5. The Labute approximate surface area is 119 Å². The lowest BCUT2D eigenvalue weighted by molar-refractivity contribution is 0.394. The highest BCUT2D eigenvalue weighted by Gasteiger charge is 2.08. The molecule has 1 aromatic carbocycles. The zero-order valence-corrected chi connectivity index (χ0v) is 12.2. The van der Waals surface area contributed by atoms with Crippen LogP contribution in [-0.2, 0) is 6.42 Å². The minimum absolute atomic E-state index is 0.738. The molecule has 0 saturated carbocycles. The summed E-state index contributed by atoms with van der Waals surface area (Å²) in [5.74, 6) is 3.08. The van der Waals surface area contributed by atoms with Crippen molar-refractivity contribution in [2.45, 2.75) is 13.3 Å². The van der Waals surface area contributed by atoms with Crippen LogP contribution in [0.15, 0.2) is 24.3 Å². The second kappa shape index (κ2) is 6.23. The number of anilines is 1. The zero-order valence-electron chi connectivity index (χ0n) is 12.2. The average Bonchev–Trinajstić information content (AvgIpc) is 2.53. The van der Waals surface area contributed by atoms with Gasteiger partial charge in [0.2, 0.25) is 0 Å². The molecule has 5 heteroatoms. The predicted molar refractivity (Wildman–Crippen MR) is 79.5 cm³/mol. The molecule has 0 aliphatic carbocycles. The average molecular weight is 273 g/mol. The quantitative estimate of drug-likeness (QED) is 0.907. The van der Waals surface area contributed by atoms with Crippen molar-refractivity contribution in [1.82, 2.24) is 9.97 Å². The van der Waals surface area contributed by atoms with Crippen LogP contribution in [0.25, 0.3) is 11.3 Å². The second-order valence-corrected chi connectivity index (χ2v) is 4.26. The van der Waals surface area contributed by atoms with Crippen molar-refractivity contribution in [3.05, 3.63) is 30.1 Å². The van der Waals surface area contributed by atoms with E-state index in [4.69, 9.17) is 9.47 Å². The van der Waals surface area contributed by atoms with Crippen molar-refractivity contribution in [3.63, 3.8) is 0 Å². The van der Waals surface area contributed by atoms with Crippen LogP contribution in [0.2, 0.25) is 0 Å². The fourth-order valence-electron chi connectivity index (χ4n) is 1.89. The molecule has 0 saturated heterocycles. The number of aromatic nitrogens is 2. The predicted octanol–water partition coefficient (Wildman–Crippen LogP) is 2.76. The lowest BCUT2D eigenvalue weighted by Crippen LogP contribution is -2.01. The van der Waals surface area contributed by atoms with Gasteiger partial charge in [0, 0.05) is 31.2 Å². The summed E-state index contributed by atoms with van der Waals surface area (Å²) in [6.07, 6.45) is 0.781. The second-order valence-electron chi connectivity index (χ2n) is 4.26. The molecule has 0 amide bonds. The number of aryl methyl sites for hydroxylation is 1. The van der Waals surface area contributed by atoms with E-state index in [9.17, 15) is 0 Å². The molecular weight excluding hydrogens is 254 g/mol.